The standard InChI is InChI=1S/C4H10O2.C3H7NO.C2H6O.H2O/c1-5-3-4-6-2;1-4(2)3-5;1-2-3;/h3-4H2,1-2H3;3H,1-2H3;3H,2H2,1H3;1H2. The Balaban J connectivity index is -0.0000000617. The molecule has 0 heterocycles. The molecule has 0 aromatic carbocycles. The first-order valence-corrected chi connectivity index (χ1v) is 4.31. The molecule has 96 valence electrons. The van der Waals surface area contributed by atoms with Crippen LogP contribution in [-0.2, 0) is 14.3 Å². The van der Waals surface area contributed by atoms with Gasteiger partial charge in [-0.05, 0) is 6.92 Å². The zero-order valence-electron chi connectivity index (χ0n) is 10.3. The van der Waals surface area contributed by atoms with E-state index in [2.05, 4.69) is 9.47 Å². The fourth-order valence-electron chi connectivity index (χ4n) is 0.167. The number of carbonyl (C=O) groups excluding carboxylic acids is 1. The van der Waals surface area contributed by atoms with Crippen molar-refractivity contribution in [3.8, 4) is 0 Å². The average molecular weight is 227 g/mol. The summed E-state index contributed by atoms with van der Waals surface area (Å²) in [5.41, 5.74) is 0. The number of methoxy groups -OCH3 is 2. The lowest BCUT2D eigenvalue weighted by molar-refractivity contribution is -0.115. The Morgan fingerprint density at radius 1 is 1.20 bits per heavy atom. The molecule has 1 amide bonds. The van der Waals surface area contributed by atoms with Gasteiger partial charge in [-0.15, -0.1) is 0 Å². The highest BCUT2D eigenvalue weighted by atomic mass is 16.5. The Bertz CT molecular complexity index is 86.6. The van der Waals surface area contributed by atoms with Crippen LogP contribution < -0.4 is 0 Å². The van der Waals surface area contributed by atoms with Gasteiger partial charge in [-0.25, -0.2) is 0 Å². The van der Waals surface area contributed by atoms with Crippen molar-refractivity contribution in [1.82, 2.24) is 4.90 Å². The van der Waals surface area contributed by atoms with Crippen molar-refractivity contribution in [2.45, 2.75) is 6.92 Å². The third-order valence-electron chi connectivity index (χ3n) is 0.702. The van der Waals surface area contributed by atoms with E-state index in [1.807, 2.05) is 0 Å². The molecule has 0 saturated carbocycles. The number of carbonyl (C=O) groups is 1. The van der Waals surface area contributed by atoms with E-state index in [-0.39, 0.29) is 12.1 Å². The van der Waals surface area contributed by atoms with Crippen molar-refractivity contribution < 1.29 is 24.9 Å². The second kappa shape index (κ2) is 29.2. The van der Waals surface area contributed by atoms with Crippen LogP contribution in [0.15, 0.2) is 0 Å². The molecule has 0 aliphatic rings. The van der Waals surface area contributed by atoms with E-state index < -0.39 is 0 Å². The smallest absolute Gasteiger partial charge is 0.209 e. The van der Waals surface area contributed by atoms with Gasteiger partial charge in [0.2, 0.25) is 6.41 Å². The van der Waals surface area contributed by atoms with E-state index >= 15 is 0 Å². The number of hydrogen-bond acceptors (Lipinski definition) is 4. The predicted molar refractivity (Wildman–Crippen MR) is 59.9 cm³/mol. The number of aliphatic hydroxyl groups excluding tert-OH is 1. The molecule has 15 heavy (non-hydrogen) atoms. The van der Waals surface area contributed by atoms with Gasteiger partial charge in [0.05, 0.1) is 13.2 Å². The van der Waals surface area contributed by atoms with Gasteiger partial charge in [0, 0.05) is 34.9 Å². The van der Waals surface area contributed by atoms with Gasteiger partial charge in [0.1, 0.15) is 0 Å². The largest absolute Gasteiger partial charge is 0.412 e. The maximum Gasteiger partial charge on any atom is 0.209 e. The molecule has 0 radical (unpaired) electrons. The first-order valence-electron chi connectivity index (χ1n) is 4.31. The zero-order chi connectivity index (χ0) is 11.8. The molecule has 0 aliphatic carbocycles. The normalized spacial score (nSPS) is 7.07. The van der Waals surface area contributed by atoms with Gasteiger partial charge in [0.25, 0.3) is 0 Å². The molecule has 0 aromatic heterocycles. The minimum absolute atomic E-state index is 0. The lowest BCUT2D eigenvalue weighted by Crippen LogP contribution is -2.06. The summed E-state index contributed by atoms with van der Waals surface area (Å²) in [6, 6.07) is 0. The van der Waals surface area contributed by atoms with Crippen molar-refractivity contribution in [2.24, 2.45) is 0 Å². The van der Waals surface area contributed by atoms with Crippen LogP contribution in [0.25, 0.3) is 0 Å². The number of ether oxygens (including phenoxy) is 2. The van der Waals surface area contributed by atoms with Crippen molar-refractivity contribution in [3.63, 3.8) is 0 Å². The van der Waals surface area contributed by atoms with Gasteiger partial charge < -0.3 is 25.0 Å². The Kier molecular flexibility index (Phi) is 46.4. The quantitative estimate of drug-likeness (QED) is 0.500. The molecule has 0 aromatic rings. The van der Waals surface area contributed by atoms with E-state index in [9.17, 15) is 4.79 Å². The van der Waals surface area contributed by atoms with E-state index in [0.717, 1.165) is 6.41 Å². The molecular formula is C9H25NO5. The molecule has 6 nitrogen and oxygen atoms in total. The Hall–Kier alpha value is -0.690. The summed E-state index contributed by atoms with van der Waals surface area (Å²) >= 11 is 0. The van der Waals surface area contributed by atoms with Crippen LogP contribution in [-0.4, -0.2) is 70.0 Å². The number of aliphatic hydroxyl groups is 1. The lowest BCUT2D eigenvalue weighted by Gasteiger charge is -1.93. The minimum Gasteiger partial charge on any atom is -0.412 e. The fraction of sp³-hybridized carbons (Fsp3) is 0.889. The van der Waals surface area contributed by atoms with Crippen molar-refractivity contribution >= 4 is 6.41 Å². The zero-order valence-corrected chi connectivity index (χ0v) is 10.3. The SMILES string of the molecule is CCO.CN(C)C=O.COCCOC.O. The van der Waals surface area contributed by atoms with Crippen molar-refractivity contribution in [3.05, 3.63) is 0 Å². The number of amides is 1. The second-order valence-electron chi connectivity index (χ2n) is 2.37. The van der Waals surface area contributed by atoms with Crippen LogP contribution in [0.5, 0.6) is 0 Å². The summed E-state index contributed by atoms with van der Waals surface area (Å²) in [5.74, 6) is 0. The summed E-state index contributed by atoms with van der Waals surface area (Å²) in [6.45, 7) is 3.31. The molecule has 0 atom stereocenters. The molecule has 0 unspecified atom stereocenters. The second-order valence-corrected chi connectivity index (χ2v) is 2.37. The van der Waals surface area contributed by atoms with E-state index in [1.165, 1.54) is 4.90 Å². The third kappa shape index (κ3) is 91.7. The summed E-state index contributed by atoms with van der Waals surface area (Å²) in [5, 5.41) is 7.57. The molecular weight excluding hydrogens is 202 g/mol. The average Bonchev–Trinajstić information content (AvgIpc) is 2.17. The molecule has 0 bridgehead atoms. The van der Waals surface area contributed by atoms with Gasteiger partial charge >= 0.3 is 0 Å². The summed E-state index contributed by atoms with van der Waals surface area (Å²) < 4.78 is 9.31. The molecule has 3 N–H and O–H groups in total. The first kappa shape index (κ1) is 23.8. The van der Waals surface area contributed by atoms with E-state index in [1.54, 1.807) is 35.2 Å². The van der Waals surface area contributed by atoms with Crippen LogP contribution >= 0.6 is 0 Å². The van der Waals surface area contributed by atoms with Gasteiger partial charge in [-0.3, -0.25) is 4.79 Å². The lowest BCUT2D eigenvalue weighted by atomic mass is 10.8. The minimum atomic E-state index is 0. The van der Waals surface area contributed by atoms with Crippen molar-refractivity contribution in [1.29, 1.82) is 0 Å². The number of rotatable bonds is 4. The van der Waals surface area contributed by atoms with Crippen molar-refractivity contribution in [2.75, 3.05) is 48.1 Å². The molecule has 0 spiro atoms. The molecule has 0 saturated heterocycles. The molecule has 0 rings (SSSR count). The van der Waals surface area contributed by atoms with Crippen LogP contribution in [0.3, 0.4) is 0 Å². The maximum atomic E-state index is 9.43. The first-order chi connectivity index (χ1) is 6.60. The molecule has 0 fully saturated rings. The number of nitrogens with zero attached hydrogens (tertiary/aromatic N) is 1. The molecule has 0 aliphatic heterocycles. The topological polar surface area (TPSA) is 90.5 Å². The van der Waals surface area contributed by atoms with Crippen LogP contribution in [0.4, 0.5) is 0 Å². The Labute approximate surface area is 92.1 Å². The highest BCUT2D eigenvalue weighted by Gasteiger charge is 1.73. The van der Waals surface area contributed by atoms with Gasteiger partial charge in [-0.2, -0.15) is 0 Å². The van der Waals surface area contributed by atoms with Crippen LogP contribution in [0, 0.1) is 0 Å². The third-order valence-corrected chi connectivity index (χ3v) is 0.702. The van der Waals surface area contributed by atoms with E-state index in [0.29, 0.717) is 13.2 Å². The maximum absolute atomic E-state index is 9.43. The van der Waals surface area contributed by atoms with Gasteiger partial charge in [0.15, 0.2) is 0 Å². The summed E-state index contributed by atoms with van der Waals surface area (Å²) in [6.07, 6.45) is 0.750. The highest BCUT2D eigenvalue weighted by molar-refractivity contribution is 5.45. The summed E-state index contributed by atoms with van der Waals surface area (Å²) in [4.78, 5) is 10.9. The number of hydrogen-bond donors (Lipinski definition) is 1. The van der Waals surface area contributed by atoms with Crippen LogP contribution in [0.2, 0.25) is 0 Å². The summed E-state index contributed by atoms with van der Waals surface area (Å²) in [7, 11) is 6.68. The van der Waals surface area contributed by atoms with Crippen LogP contribution in [0.1, 0.15) is 6.92 Å². The fourth-order valence-corrected chi connectivity index (χ4v) is 0.167. The van der Waals surface area contributed by atoms with E-state index in [4.69, 9.17) is 5.11 Å². The van der Waals surface area contributed by atoms with Gasteiger partial charge in [-0.1, -0.05) is 0 Å². The predicted octanol–water partition coefficient (Wildman–Crippen LogP) is -0.842. The Morgan fingerprint density at radius 3 is 1.47 bits per heavy atom. The highest BCUT2D eigenvalue weighted by Crippen LogP contribution is 1.65. The monoisotopic (exact) mass is 227 g/mol. The molecule has 6 heteroatoms. The Morgan fingerprint density at radius 2 is 1.40 bits per heavy atom.